The van der Waals surface area contributed by atoms with Crippen LogP contribution in [-0.4, -0.2) is 17.0 Å². The molecule has 0 aromatic heterocycles. The Morgan fingerprint density at radius 3 is 2.33 bits per heavy atom. The van der Waals surface area contributed by atoms with Crippen LogP contribution < -0.4 is 9.32 Å². The van der Waals surface area contributed by atoms with E-state index in [-0.39, 0.29) is 19.3 Å². The average molecular weight is 199 g/mol. The van der Waals surface area contributed by atoms with Crippen LogP contribution in [0, 0.1) is 10.8 Å². The molecular formula is C5H7ClO6. The molecule has 6 nitrogen and oxygen atoms in total. The van der Waals surface area contributed by atoms with Crippen molar-refractivity contribution in [1.29, 1.82) is 0 Å². The van der Waals surface area contributed by atoms with Gasteiger partial charge in [-0.25, -0.2) is 4.79 Å². The van der Waals surface area contributed by atoms with Gasteiger partial charge in [-0.1, -0.05) is 4.29 Å². The minimum absolute atomic E-state index is 0.0688. The van der Waals surface area contributed by atoms with Crippen molar-refractivity contribution in [1.82, 2.24) is 0 Å². The minimum Gasteiger partial charge on any atom is -0.481 e. The molecule has 70 valence electrons. The summed E-state index contributed by atoms with van der Waals surface area (Å²) in [6.07, 6.45) is -0.333. The lowest BCUT2D eigenvalue weighted by molar-refractivity contribution is -1.62. The number of hydrogen-bond acceptors (Lipinski definition) is 5. The molecule has 0 saturated carbocycles. The SMILES string of the molecule is O=C(O)CCCC(=O)O[Cl+2]([O-])[O-]. The molecule has 0 heterocycles. The molecule has 1 N–H and O–H groups in total. The molecule has 0 bridgehead atoms. The molecule has 0 fully saturated rings. The third-order valence-corrected chi connectivity index (χ3v) is 1.22. The largest absolute Gasteiger partial charge is 0.481 e. The predicted molar refractivity (Wildman–Crippen MR) is 27.6 cm³/mol. The number of carbonyl (C=O) groups excluding carboxylic acids is 1. The summed E-state index contributed by atoms with van der Waals surface area (Å²) in [5, 5.41) is 8.13. The summed E-state index contributed by atoms with van der Waals surface area (Å²) >= 11 is 0. The standard InChI is InChI=1S/C5H7ClO6/c7-4(8)2-1-3-5(9)12-6(10)11/h1-3H2,(H,7,8). The van der Waals surface area contributed by atoms with Crippen molar-refractivity contribution in [3.8, 4) is 0 Å². The van der Waals surface area contributed by atoms with Crippen LogP contribution in [0.15, 0.2) is 0 Å². The quantitative estimate of drug-likeness (QED) is 0.540. The van der Waals surface area contributed by atoms with Crippen LogP contribution in [0.5, 0.6) is 0 Å². The van der Waals surface area contributed by atoms with E-state index in [2.05, 4.69) is 4.29 Å². The number of halogens is 1. The molecule has 0 aliphatic carbocycles. The highest BCUT2D eigenvalue weighted by Gasteiger charge is 2.17. The first-order chi connectivity index (χ1) is 5.52. The third kappa shape index (κ3) is 7.26. The summed E-state index contributed by atoms with van der Waals surface area (Å²) in [5.41, 5.74) is 0. The first-order valence-corrected chi connectivity index (χ1v) is 3.93. The number of hydrogen-bond donors (Lipinski definition) is 1. The third-order valence-electron chi connectivity index (χ3n) is 0.921. The van der Waals surface area contributed by atoms with Crippen molar-refractivity contribution in [3.63, 3.8) is 0 Å². The second-order valence-corrected chi connectivity index (χ2v) is 2.42. The van der Waals surface area contributed by atoms with Gasteiger partial charge in [-0.15, -0.1) is 0 Å². The monoisotopic (exact) mass is 198 g/mol. The molecule has 0 aromatic rings. The van der Waals surface area contributed by atoms with Crippen molar-refractivity contribution in [2.45, 2.75) is 19.3 Å². The van der Waals surface area contributed by atoms with Gasteiger partial charge in [0.05, 0.1) is 6.42 Å². The molecule has 0 aromatic carbocycles. The van der Waals surface area contributed by atoms with Gasteiger partial charge in [0.2, 0.25) is 0 Å². The van der Waals surface area contributed by atoms with Gasteiger partial charge >= 0.3 is 22.7 Å². The molecule has 0 spiro atoms. The van der Waals surface area contributed by atoms with Gasteiger partial charge in [-0.3, -0.25) is 4.79 Å². The molecule has 0 aliphatic heterocycles. The summed E-state index contributed by atoms with van der Waals surface area (Å²) in [4.78, 5) is 20.3. The minimum atomic E-state index is -2.54. The van der Waals surface area contributed by atoms with Gasteiger partial charge in [0.25, 0.3) is 0 Å². The highest BCUT2D eigenvalue weighted by atomic mass is 35.6. The number of carboxylic acids is 1. The van der Waals surface area contributed by atoms with Gasteiger partial charge in [0.1, 0.15) is 0 Å². The van der Waals surface area contributed by atoms with Crippen LogP contribution in [0.3, 0.4) is 0 Å². The zero-order valence-electron chi connectivity index (χ0n) is 5.99. The fourth-order valence-electron chi connectivity index (χ4n) is 0.493. The second kappa shape index (κ2) is 5.76. The highest BCUT2D eigenvalue weighted by Crippen LogP contribution is 1.98. The van der Waals surface area contributed by atoms with Crippen LogP contribution in [0.2, 0.25) is 0 Å². The Kier molecular flexibility index (Phi) is 5.35. The normalized spacial score (nSPS) is 9.92. The number of carboxylic acid groups (broad SMARTS) is 1. The summed E-state index contributed by atoms with van der Waals surface area (Å²) in [7, 11) is -2.54. The Hall–Kier alpha value is -0.850. The maximum Gasteiger partial charge on any atom is 0.421 e. The highest BCUT2D eigenvalue weighted by molar-refractivity contribution is 5.70. The lowest BCUT2D eigenvalue weighted by Crippen LogP contribution is -2.36. The molecular weight excluding hydrogens is 192 g/mol. The van der Waals surface area contributed by atoms with Crippen molar-refractivity contribution in [3.05, 3.63) is 0 Å². The van der Waals surface area contributed by atoms with E-state index in [9.17, 15) is 18.9 Å². The van der Waals surface area contributed by atoms with E-state index in [0.717, 1.165) is 0 Å². The van der Waals surface area contributed by atoms with Gasteiger partial charge in [0, 0.05) is 6.42 Å². The van der Waals surface area contributed by atoms with Crippen LogP contribution in [0.25, 0.3) is 0 Å². The van der Waals surface area contributed by atoms with Gasteiger partial charge < -0.3 is 14.4 Å². The Balaban J connectivity index is 3.38. The zero-order valence-corrected chi connectivity index (χ0v) is 6.74. The first-order valence-electron chi connectivity index (χ1n) is 3.01. The number of carbonyl (C=O) groups is 2. The summed E-state index contributed by atoms with van der Waals surface area (Å²) in [5.74, 6) is -2.00. The van der Waals surface area contributed by atoms with E-state index in [4.69, 9.17) is 5.11 Å². The summed E-state index contributed by atoms with van der Waals surface area (Å²) < 4.78 is 23.1. The molecule has 7 heteroatoms. The maximum atomic E-state index is 10.4. The number of aliphatic carboxylic acids is 1. The maximum absolute atomic E-state index is 10.4. The lowest BCUT2D eigenvalue weighted by atomic mass is 10.2. The molecule has 0 rings (SSSR count). The van der Waals surface area contributed by atoms with Crippen LogP contribution in [0.4, 0.5) is 0 Å². The smallest absolute Gasteiger partial charge is 0.421 e. The Bertz CT molecular complexity index is 167. The second-order valence-electron chi connectivity index (χ2n) is 1.89. The fraction of sp³-hybridized carbons (Fsp3) is 0.600. The lowest BCUT2D eigenvalue weighted by Gasteiger charge is -1.93. The molecule has 12 heavy (non-hydrogen) atoms. The van der Waals surface area contributed by atoms with Crippen LogP contribution in [0.1, 0.15) is 19.3 Å². The summed E-state index contributed by atoms with van der Waals surface area (Å²) in [6, 6.07) is 0. The Labute approximate surface area is 71.2 Å². The molecule has 0 aliphatic rings. The van der Waals surface area contributed by atoms with Gasteiger partial charge in [-0.2, -0.15) is 0 Å². The van der Waals surface area contributed by atoms with Gasteiger partial charge in [-0.05, 0) is 6.42 Å². The predicted octanol–water partition coefficient (Wildman–Crippen LogP) is -2.13. The van der Waals surface area contributed by atoms with Crippen LogP contribution >= 0.6 is 0 Å². The van der Waals surface area contributed by atoms with E-state index in [1.807, 2.05) is 0 Å². The zero-order chi connectivity index (χ0) is 9.56. The van der Waals surface area contributed by atoms with E-state index >= 15 is 0 Å². The van der Waals surface area contributed by atoms with E-state index in [1.165, 1.54) is 0 Å². The molecule has 0 radical (unpaired) electrons. The van der Waals surface area contributed by atoms with Crippen molar-refractivity contribution < 1.29 is 39.1 Å². The average Bonchev–Trinajstić information content (AvgIpc) is 1.84. The molecule has 0 amide bonds. The topological polar surface area (TPSA) is 110 Å². The van der Waals surface area contributed by atoms with Crippen molar-refractivity contribution >= 4 is 11.9 Å². The molecule has 0 unspecified atom stereocenters. The summed E-state index contributed by atoms with van der Waals surface area (Å²) in [6.45, 7) is 0. The number of rotatable bonds is 5. The van der Waals surface area contributed by atoms with Gasteiger partial charge in [0.15, 0.2) is 0 Å². The Morgan fingerprint density at radius 1 is 1.33 bits per heavy atom. The van der Waals surface area contributed by atoms with E-state index in [0.29, 0.717) is 0 Å². The first kappa shape index (κ1) is 11.2. The van der Waals surface area contributed by atoms with E-state index < -0.39 is 22.7 Å². The van der Waals surface area contributed by atoms with Crippen LogP contribution in [-0.2, 0) is 13.9 Å². The molecule has 0 saturated heterocycles. The molecule has 0 atom stereocenters. The van der Waals surface area contributed by atoms with Crippen molar-refractivity contribution in [2.75, 3.05) is 0 Å². The van der Waals surface area contributed by atoms with E-state index in [1.54, 1.807) is 0 Å². The van der Waals surface area contributed by atoms with Crippen molar-refractivity contribution in [2.24, 2.45) is 0 Å². The Morgan fingerprint density at radius 2 is 1.92 bits per heavy atom. The fourth-order valence-corrected chi connectivity index (χ4v) is 0.710.